The lowest BCUT2D eigenvalue weighted by Gasteiger charge is -2.40. The fraction of sp³-hybridized carbons (Fsp3) is 0.133. The van der Waals surface area contributed by atoms with Crippen molar-refractivity contribution >= 4 is 65.8 Å². The lowest BCUT2D eigenvalue weighted by molar-refractivity contribution is -0.232. The average Bonchev–Trinajstić information content (AvgIpc) is 3.27. The largest absolute Gasteiger partial charge is 0.508 e. The molecule has 68 heavy (non-hydrogen) atoms. The molecule has 23 heteroatoms. The van der Waals surface area contributed by atoms with Gasteiger partial charge in [0.1, 0.15) is 120 Å². The van der Waals surface area contributed by atoms with Gasteiger partial charge in [-0.05, 0) is 18.2 Å². The summed E-state index contributed by atoms with van der Waals surface area (Å²) < 4.78 is 22.7. The van der Waals surface area contributed by atoms with Gasteiger partial charge in [-0.25, -0.2) is 0 Å². The van der Waals surface area contributed by atoms with Crippen LogP contribution in [0, 0.1) is 0 Å². The van der Waals surface area contributed by atoms with E-state index in [-0.39, 0.29) is 0 Å². The molecule has 0 saturated carbocycles. The van der Waals surface area contributed by atoms with Crippen molar-refractivity contribution in [1.82, 2.24) is 0 Å². The van der Waals surface area contributed by atoms with Crippen molar-refractivity contribution < 1.29 is 99.7 Å². The highest BCUT2D eigenvalue weighted by molar-refractivity contribution is 6.11. The fourth-order valence-electron chi connectivity index (χ4n) is 8.81. The molecule has 1 fully saturated rings. The van der Waals surface area contributed by atoms with Crippen LogP contribution in [0.1, 0.15) is 11.7 Å². The quantitative estimate of drug-likeness (QED) is 0.0685. The molecule has 6 aromatic carbocycles. The maximum atomic E-state index is 14.6. The molecule has 0 amide bonds. The third-order valence-corrected chi connectivity index (χ3v) is 12.0. The van der Waals surface area contributed by atoms with Gasteiger partial charge < -0.3 is 99.7 Å². The van der Waals surface area contributed by atoms with E-state index in [2.05, 4.69) is 0 Å². The molecule has 1 aliphatic heterocycles. The smallest absolute Gasteiger partial charge is 0.208 e. The van der Waals surface area contributed by atoms with Crippen molar-refractivity contribution in [3.8, 4) is 91.2 Å². The van der Waals surface area contributed by atoms with E-state index < -0.39 is 216 Å². The fourth-order valence-corrected chi connectivity index (χ4v) is 8.81. The number of phenols is 12. The Morgan fingerprint density at radius 1 is 0.426 bits per heavy atom. The van der Waals surface area contributed by atoms with Crippen molar-refractivity contribution in [2.24, 2.45) is 0 Å². The Balaban J connectivity index is 1.28. The Morgan fingerprint density at radius 3 is 1.57 bits per heavy atom. The Hall–Kier alpha value is -8.87. The molecule has 9 aromatic rings. The maximum Gasteiger partial charge on any atom is 0.208 e. The molecule has 16 N–H and O–H groups in total. The van der Waals surface area contributed by atoms with Crippen LogP contribution in [0.2, 0.25) is 0 Å². The molecule has 348 valence electrons. The molecule has 5 atom stereocenters. The highest BCUT2D eigenvalue weighted by Gasteiger charge is 2.47. The van der Waals surface area contributed by atoms with E-state index in [1.165, 1.54) is 0 Å². The number of aromatic hydroxyl groups is 12. The minimum atomic E-state index is -2.24. The standard InChI is InChI=1S/C45H30O23/c46-8-22-34(57)40(63)41(64)45(68-22)30-36(59)24(44-29(39(30)62)31(54)10-3-13(48)14(49)6-19(10)65-44)12-5-18(53)43-28(33(12)56)38(61)26-21(67-43)7-16(51)23(35(26)58)11-4-17(52)42-27(32(11)55)37(60)25-15(50)1-9(47)2-20(25)66-42/h1-7,22,34,40-41,45-53,55-59,62-64H,8H2. The van der Waals surface area contributed by atoms with Crippen LogP contribution in [0.3, 0.4) is 0 Å². The summed E-state index contributed by atoms with van der Waals surface area (Å²) in [6.45, 7) is -1.00. The van der Waals surface area contributed by atoms with Crippen LogP contribution in [0.4, 0.5) is 0 Å². The zero-order chi connectivity index (χ0) is 48.8. The van der Waals surface area contributed by atoms with Crippen molar-refractivity contribution in [2.75, 3.05) is 6.61 Å². The van der Waals surface area contributed by atoms with Crippen LogP contribution in [-0.2, 0) is 4.74 Å². The van der Waals surface area contributed by atoms with Crippen molar-refractivity contribution in [3.05, 3.63) is 78.7 Å². The van der Waals surface area contributed by atoms with Crippen LogP contribution < -0.4 is 16.3 Å². The molecule has 1 aliphatic rings. The number of hydrogen-bond acceptors (Lipinski definition) is 23. The zero-order valence-electron chi connectivity index (χ0n) is 33.6. The molecule has 0 bridgehead atoms. The lowest BCUT2D eigenvalue weighted by atomic mass is 9.86. The van der Waals surface area contributed by atoms with Gasteiger partial charge in [-0.2, -0.15) is 0 Å². The number of rotatable bonds is 4. The highest BCUT2D eigenvalue weighted by Crippen LogP contribution is 2.55. The molecule has 3 aromatic heterocycles. The molecule has 0 spiro atoms. The normalized spacial score (nSPS) is 18.7. The summed E-state index contributed by atoms with van der Waals surface area (Å²) in [5.74, 6) is -11.9. The van der Waals surface area contributed by atoms with Crippen LogP contribution in [-0.4, -0.2) is 113 Å². The predicted molar refractivity (Wildman–Crippen MR) is 231 cm³/mol. The van der Waals surface area contributed by atoms with Gasteiger partial charge in [0.25, 0.3) is 0 Å². The molecule has 4 heterocycles. The SMILES string of the molecule is O=c1c2cc(O)c(O)cc2oc2c(-c3cc(O)c4oc5cc(O)c(-c6cc(O)c7oc8cc(O)cc(O)c8c(=O)c7c6O)c(O)c5c(=O)c4c3O)c(O)c(C3OC(CO)C(O)C(O)C3O)c(O)c12. The number of hydrogen-bond donors (Lipinski definition) is 16. The Bertz CT molecular complexity index is 3940. The molecule has 5 unspecified atom stereocenters. The van der Waals surface area contributed by atoms with Crippen molar-refractivity contribution in [2.45, 2.75) is 30.5 Å². The number of aliphatic hydroxyl groups excluding tert-OH is 4. The Labute approximate surface area is 372 Å². The van der Waals surface area contributed by atoms with Gasteiger partial charge in [-0.15, -0.1) is 0 Å². The monoisotopic (exact) mass is 938 g/mol. The first-order valence-electron chi connectivity index (χ1n) is 19.7. The molecule has 0 aliphatic carbocycles. The first kappa shape index (κ1) is 43.0. The van der Waals surface area contributed by atoms with E-state index in [1.807, 2.05) is 0 Å². The van der Waals surface area contributed by atoms with Gasteiger partial charge in [-0.1, -0.05) is 0 Å². The maximum absolute atomic E-state index is 14.6. The van der Waals surface area contributed by atoms with E-state index in [1.54, 1.807) is 0 Å². The Kier molecular flexibility index (Phi) is 9.22. The third kappa shape index (κ3) is 5.74. The van der Waals surface area contributed by atoms with E-state index >= 15 is 0 Å². The molecule has 10 rings (SSSR count). The molecule has 1 saturated heterocycles. The first-order valence-corrected chi connectivity index (χ1v) is 19.7. The second-order valence-electron chi connectivity index (χ2n) is 15.9. The summed E-state index contributed by atoms with van der Waals surface area (Å²) in [4.78, 5) is 42.5. The zero-order valence-corrected chi connectivity index (χ0v) is 33.6. The number of fused-ring (bicyclic) bond motifs is 6. The number of phenolic OH excluding ortho intramolecular Hbond substituents is 12. The second-order valence-corrected chi connectivity index (χ2v) is 15.9. The van der Waals surface area contributed by atoms with Crippen LogP contribution in [0.5, 0.6) is 69.0 Å². The van der Waals surface area contributed by atoms with Gasteiger partial charge in [0.2, 0.25) is 16.3 Å². The Morgan fingerprint density at radius 2 is 0.956 bits per heavy atom. The van der Waals surface area contributed by atoms with Crippen LogP contribution in [0.15, 0.2) is 70.1 Å². The summed E-state index contributed by atoms with van der Waals surface area (Å²) in [6, 6.07) is 5.32. The van der Waals surface area contributed by atoms with Crippen molar-refractivity contribution in [3.63, 3.8) is 0 Å². The lowest BCUT2D eigenvalue weighted by Crippen LogP contribution is -2.55. The topological polar surface area (TPSA) is 424 Å². The van der Waals surface area contributed by atoms with Crippen molar-refractivity contribution in [1.29, 1.82) is 0 Å². The molecule has 23 nitrogen and oxygen atoms in total. The molecule has 0 radical (unpaired) electrons. The second kappa shape index (κ2) is 14.6. The van der Waals surface area contributed by atoms with Gasteiger partial charge in [0.05, 0.1) is 28.7 Å². The highest BCUT2D eigenvalue weighted by atomic mass is 16.5. The van der Waals surface area contributed by atoms with Gasteiger partial charge in [0.15, 0.2) is 39.7 Å². The van der Waals surface area contributed by atoms with Gasteiger partial charge >= 0.3 is 0 Å². The minimum absolute atomic E-state index is 0.417. The summed E-state index contributed by atoms with van der Waals surface area (Å²) in [5, 5.41) is 171. The average molecular weight is 939 g/mol. The minimum Gasteiger partial charge on any atom is -0.508 e. The van der Waals surface area contributed by atoms with E-state index in [4.69, 9.17) is 18.0 Å². The number of benzene rings is 6. The van der Waals surface area contributed by atoms with Crippen LogP contribution >= 0.6 is 0 Å². The summed E-state index contributed by atoms with van der Waals surface area (Å²) in [7, 11) is 0. The summed E-state index contributed by atoms with van der Waals surface area (Å²) in [6.07, 6.45) is -10.1. The van der Waals surface area contributed by atoms with E-state index in [0.29, 0.717) is 18.2 Å². The number of aliphatic hydroxyl groups is 4. The summed E-state index contributed by atoms with van der Waals surface area (Å²) >= 11 is 0. The molecular formula is C45H30O23. The van der Waals surface area contributed by atoms with E-state index in [9.17, 15) is 96.1 Å². The van der Waals surface area contributed by atoms with Gasteiger partial charge in [-0.3, -0.25) is 14.4 Å². The predicted octanol–water partition coefficient (Wildman–Crippen LogP) is 2.78. The third-order valence-electron chi connectivity index (χ3n) is 12.0. The first-order chi connectivity index (χ1) is 32.2. The van der Waals surface area contributed by atoms with Gasteiger partial charge in [0, 0.05) is 35.4 Å². The van der Waals surface area contributed by atoms with E-state index in [0.717, 1.165) is 24.3 Å². The van der Waals surface area contributed by atoms with Crippen LogP contribution in [0.25, 0.3) is 88.1 Å². The summed E-state index contributed by atoms with van der Waals surface area (Å²) in [5.41, 5.74) is -12.1. The number of ether oxygens (including phenoxy) is 1. The molecular weight excluding hydrogens is 908 g/mol.